The van der Waals surface area contributed by atoms with Crippen LogP contribution in [0.5, 0.6) is 17.2 Å². The van der Waals surface area contributed by atoms with Crippen molar-refractivity contribution in [1.29, 1.82) is 0 Å². The first kappa shape index (κ1) is 51.4. The summed E-state index contributed by atoms with van der Waals surface area (Å²) in [4.78, 5) is 42.6. The average Bonchev–Trinajstić information content (AvgIpc) is 3.24. The van der Waals surface area contributed by atoms with E-state index < -0.39 is 161 Å². The Labute approximate surface area is 397 Å². The zero-order valence-corrected chi connectivity index (χ0v) is 39.9. The molecule has 0 saturated carbocycles. The molecule has 0 radical (unpaired) electrons. The van der Waals surface area contributed by atoms with E-state index in [0.717, 1.165) is 6.92 Å². The zero-order chi connectivity index (χ0) is 50.6. The normalized spacial score (nSPS) is 42.8. The summed E-state index contributed by atoms with van der Waals surface area (Å²) >= 11 is 0. The van der Waals surface area contributed by atoms with Gasteiger partial charge in [0.25, 0.3) is 0 Å². The van der Waals surface area contributed by atoms with Crippen LogP contribution in [-0.2, 0) is 53.9 Å². The maximum atomic E-state index is 15.4. The number of aromatic hydroxyl groups is 2. The van der Waals surface area contributed by atoms with Gasteiger partial charge < -0.3 is 88.6 Å². The van der Waals surface area contributed by atoms with Gasteiger partial charge in [0, 0.05) is 44.3 Å². The van der Waals surface area contributed by atoms with Crippen LogP contribution in [0.25, 0.3) is 10.8 Å². The highest BCUT2D eigenvalue weighted by molar-refractivity contribution is 6.25. The van der Waals surface area contributed by atoms with Crippen LogP contribution in [0.3, 0.4) is 0 Å². The van der Waals surface area contributed by atoms with Gasteiger partial charge in [-0.3, -0.25) is 14.4 Å². The first-order chi connectivity index (χ1) is 32.2. The highest BCUT2D eigenvalue weighted by Crippen LogP contribution is 2.53. The molecule has 0 unspecified atom stereocenters. The molecule has 69 heavy (non-hydrogen) atoms. The van der Waals surface area contributed by atoms with Crippen molar-refractivity contribution in [2.45, 2.75) is 197 Å². The number of fused-ring (bicyclic) bond motifs is 3. The molecule has 21 nitrogen and oxygen atoms in total. The molecule has 4 fully saturated rings. The third-order valence-electron chi connectivity index (χ3n) is 14.8. The molecule has 2 aromatic rings. The standard InChI is InChI=1S/C48H64O21/c1-17-27(66-31-15-46(7,59)42(55)21(5)64-31)12-24-10-23-11-25-41(61-9)39(54)33(18(2)49)44(57)48(25,45(58)35(23)38(53)34(24)36(17)51)69-30-14-28(37(52)19(3)62-30)67-29-13-26(50)40(20(4)63-29)68-32-16-47(8,60)43(56)22(6)65-32/h10,12,19-22,25-26,28-32,37,40-43,50-53,55-57,59-60H,11,13-16H2,1-9H3/t19-,20-,21-,22-,25+,26-,28-,29+,30+,31-,32-,37-,40+,41-,42-,43-,46+,47+,48-/m1/s1. The molecule has 0 aromatic heterocycles. The maximum Gasteiger partial charge on any atom is 0.207 e. The van der Waals surface area contributed by atoms with E-state index in [4.69, 9.17) is 42.6 Å². The van der Waals surface area contributed by atoms with E-state index in [9.17, 15) is 55.5 Å². The monoisotopic (exact) mass is 976 g/mol. The summed E-state index contributed by atoms with van der Waals surface area (Å²) < 4.78 is 54.4. The summed E-state index contributed by atoms with van der Waals surface area (Å²) in [6.07, 6.45) is -17.7. The Morgan fingerprint density at radius 1 is 0.768 bits per heavy atom. The number of methoxy groups -OCH3 is 1. The molecule has 2 aliphatic carbocycles. The number of aliphatic hydroxyl groups is 7. The summed E-state index contributed by atoms with van der Waals surface area (Å²) in [5, 5.41) is 101. The fourth-order valence-electron chi connectivity index (χ4n) is 11.0. The summed E-state index contributed by atoms with van der Waals surface area (Å²) in [6.45, 7) is 11.7. The third-order valence-corrected chi connectivity index (χ3v) is 14.8. The number of phenols is 2. The number of ketones is 3. The summed E-state index contributed by atoms with van der Waals surface area (Å²) in [6, 6.07) is 2.98. The van der Waals surface area contributed by atoms with Crippen molar-refractivity contribution in [3.63, 3.8) is 0 Å². The van der Waals surface area contributed by atoms with Crippen LogP contribution in [0.2, 0.25) is 0 Å². The number of hydrogen-bond donors (Lipinski definition) is 9. The molecular formula is C48H64O21. The van der Waals surface area contributed by atoms with E-state index >= 15 is 4.79 Å². The van der Waals surface area contributed by atoms with E-state index in [0.29, 0.717) is 0 Å². The molecule has 19 atom stereocenters. The second kappa shape index (κ2) is 18.6. The molecule has 0 spiro atoms. The largest absolute Gasteiger partial charge is 0.508 e. The van der Waals surface area contributed by atoms with Crippen molar-refractivity contribution >= 4 is 28.1 Å². The van der Waals surface area contributed by atoms with Crippen LogP contribution in [-0.4, -0.2) is 180 Å². The maximum absolute atomic E-state index is 15.4. The number of phenolic OH excluding ortho intramolecular Hbond substituents is 2. The van der Waals surface area contributed by atoms with Crippen molar-refractivity contribution < 1.29 is 103 Å². The van der Waals surface area contributed by atoms with Crippen LogP contribution in [0.15, 0.2) is 23.5 Å². The highest BCUT2D eigenvalue weighted by Gasteiger charge is 2.65. The van der Waals surface area contributed by atoms with E-state index in [1.165, 1.54) is 46.9 Å². The SMILES string of the molecule is CO[C@H]1C(=O)C(C(C)=O)=C(O)[C@@]2(O[C@H]3C[C@@H](O[C@H]4C[C@@H](O)[C@@H](O[C@@H]5C[C@](C)(O)[C@H](O)[C@@H](C)O5)[C@@H](C)O4)[C@H](O)[C@@H](C)O3)C(=O)c3c(cc4cc(O[C@@H]5C[C@](C)(O)[C@H](O)[C@@H](C)O5)c(C)c(O)c4c3O)C[C@@H]12. The fraction of sp³-hybridized carbons (Fsp3) is 0.688. The lowest BCUT2D eigenvalue weighted by Gasteiger charge is -2.50. The third kappa shape index (κ3) is 8.85. The Hall–Kier alpha value is -3.91. The van der Waals surface area contributed by atoms with Gasteiger partial charge in [-0.05, 0) is 84.9 Å². The van der Waals surface area contributed by atoms with Gasteiger partial charge in [0.05, 0.1) is 58.8 Å². The Kier molecular flexibility index (Phi) is 13.9. The fourth-order valence-corrected chi connectivity index (χ4v) is 11.0. The lowest BCUT2D eigenvalue weighted by Crippen LogP contribution is -2.65. The van der Waals surface area contributed by atoms with Crippen molar-refractivity contribution in [3.05, 3.63) is 40.2 Å². The van der Waals surface area contributed by atoms with Gasteiger partial charge in [0.1, 0.15) is 59.1 Å². The minimum atomic E-state index is -2.65. The Bertz CT molecular complexity index is 2370. The number of rotatable bonds is 10. The zero-order valence-electron chi connectivity index (χ0n) is 39.9. The number of carbonyl (C=O) groups excluding carboxylic acids is 3. The van der Waals surface area contributed by atoms with Gasteiger partial charge in [0.15, 0.2) is 36.0 Å². The lowest BCUT2D eigenvalue weighted by atomic mass is 9.62. The Morgan fingerprint density at radius 2 is 1.36 bits per heavy atom. The predicted molar refractivity (Wildman–Crippen MR) is 235 cm³/mol. The minimum Gasteiger partial charge on any atom is -0.508 e. The molecule has 8 rings (SSSR count). The molecule has 382 valence electrons. The molecule has 9 N–H and O–H groups in total. The summed E-state index contributed by atoms with van der Waals surface area (Å²) in [5.74, 6) is -6.52. The molecule has 4 aliphatic heterocycles. The quantitative estimate of drug-likeness (QED) is 0.152. The highest BCUT2D eigenvalue weighted by atomic mass is 16.7. The first-order valence-corrected chi connectivity index (χ1v) is 23.2. The topological polar surface area (TPSA) is 316 Å². The van der Waals surface area contributed by atoms with Crippen LogP contribution in [0.4, 0.5) is 0 Å². The number of carbonyl (C=O) groups is 3. The molecule has 4 saturated heterocycles. The minimum absolute atomic E-state index is 0.0825. The molecule has 6 aliphatic rings. The van der Waals surface area contributed by atoms with E-state index in [2.05, 4.69) is 0 Å². The van der Waals surface area contributed by atoms with Gasteiger partial charge in [0.2, 0.25) is 12.1 Å². The van der Waals surface area contributed by atoms with Crippen molar-refractivity contribution in [2.24, 2.45) is 5.92 Å². The number of Topliss-reactive ketones (excluding diaryl/α,β-unsaturated/α-hetero) is 3. The lowest BCUT2D eigenvalue weighted by molar-refractivity contribution is -0.339. The number of ether oxygens (including phenoxy) is 9. The van der Waals surface area contributed by atoms with Gasteiger partial charge in [-0.15, -0.1) is 0 Å². The molecule has 21 heteroatoms. The number of benzene rings is 2. The van der Waals surface area contributed by atoms with E-state index in [1.807, 2.05) is 0 Å². The van der Waals surface area contributed by atoms with E-state index in [-0.39, 0.29) is 59.8 Å². The Morgan fingerprint density at radius 3 is 1.96 bits per heavy atom. The van der Waals surface area contributed by atoms with Gasteiger partial charge in [-0.25, -0.2) is 0 Å². The molecule has 0 amide bonds. The second-order valence-corrected chi connectivity index (χ2v) is 20.0. The van der Waals surface area contributed by atoms with Gasteiger partial charge in [-0.1, -0.05) is 0 Å². The van der Waals surface area contributed by atoms with Crippen LogP contribution in [0, 0.1) is 12.8 Å². The average molecular weight is 977 g/mol. The van der Waals surface area contributed by atoms with Crippen LogP contribution < -0.4 is 4.74 Å². The molecule has 2 aromatic carbocycles. The summed E-state index contributed by atoms with van der Waals surface area (Å²) in [5.41, 5.74) is -6.66. The van der Waals surface area contributed by atoms with Crippen LogP contribution in [0.1, 0.15) is 95.6 Å². The second-order valence-electron chi connectivity index (χ2n) is 20.0. The smallest absolute Gasteiger partial charge is 0.207 e. The molecule has 0 bridgehead atoms. The predicted octanol–water partition coefficient (Wildman–Crippen LogP) is 1.30. The first-order valence-electron chi connectivity index (χ1n) is 23.2. The van der Waals surface area contributed by atoms with Gasteiger partial charge >= 0.3 is 0 Å². The number of aliphatic hydroxyl groups excluding tert-OH is 5. The Balaban J connectivity index is 1.10. The van der Waals surface area contributed by atoms with Crippen molar-refractivity contribution in [1.82, 2.24) is 0 Å². The molecular weight excluding hydrogens is 913 g/mol. The van der Waals surface area contributed by atoms with E-state index in [1.54, 1.807) is 20.8 Å². The van der Waals surface area contributed by atoms with Crippen molar-refractivity contribution in [2.75, 3.05) is 7.11 Å². The van der Waals surface area contributed by atoms with Gasteiger partial charge in [-0.2, -0.15) is 0 Å². The van der Waals surface area contributed by atoms with Crippen LogP contribution >= 0.6 is 0 Å². The summed E-state index contributed by atoms with van der Waals surface area (Å²) in [7, 11) is 1.19. The number of hydrogen-bond acceptors (Lipinski definition) is 21. The van der Waals surface area contributed by atoms with Crippen molar-refractivity contribution in [3.8, 4) is 17.2 Å². The molecule has 4 heterocycles.